The van der Waals surface area contributed by atoms with Gasteiger partial charge in [0, 0.05) is 47.6 Å². The van der Waals surface area contributed by atoms with Crippen molar-refractivity contribution in [3.05, 3.63) is 68.0 Å². The van der Waals surface area contributed by atoms with Crippen LogP contribution in [0.1, 0.15) is 41.8 Å². The lowest BCUT2D eigenvalue weighted by Gasteiger charge is -2.51. The molecule has 1 aromatic heterocycles. The van der Waals surface area contributed by atoms with Crippen LogP contribution in [0.3, 0.4) is 0 Å². The number of ether oxygens (including phenoxy) is 1. The number of nitrogens with zero attached hydrogens (tertiary/aromatic N) is 3. The zero-order valence-corrected chi connectivity index (χ0v) is 20.5. The highest BCUT2D eigenvalue weighted by molar-refractivity contribution is 9.10. The van der Waals surface area contributed by atoms with Crippen LogP contribution in [0.15, 0.2) is 34.8 Å². The average molecular weight is 507 g/mol. The Bertz CT molecular complexity index is 1310. The van der Waals surface area contributed by atoms with Gasteiger partial charge in [-0.25, -0.2) is 0 Å². The molecule has 2 saturated heterocycles. The van der Waals surface area contributed by atoms with Crippen LogP contribution in [0.4, 0.5) is 5.69 Å². The van der Waals surface area contributed by atoms with E-state index < -0.39 is 0 Å². The van der Waals surface area contributed by atoms with Crippen molar-refractivity contribution in [1.82, 2.24) is 14.5 Å². The molecule has 0 unspecified atom stereocenters. The van der Waals surface area contributed by atoms with Crippen molar-refractivity contribution in [2.75, 3.05) is 39.4 Å². The van der Waals surface area contributed by atoms with Crippen molar-refractivity contribution in [1.29, 1.82) is 5.26 Å². The molecule has 6 rings (SSSR count). The number of nitrogens with one attached hydrogen (secondary N) is 1. The number of aromatic nitrogens is 1. The molecular weight excluding hydrogens is 480 g/mol. The van der Waals surface area contributed by atoms with E-state index >= 15 is 0 Å². The molecule has 1 aliphatic carbocycles. The first kappa shape index (κ1) is 21.3. The molecule has 6 nitrogen and oxygen atoms in total. The van der Waals surface area contributed by atoms with Gasteiger partial charge in [-0.15, -0.1) is 0 Å². The summed E-state index contributed by atoms with van der Waals surface area (Å²) < 4.78 is 5.95. The van der Waals surface area contributed by atoms with Crippen molar-refractivity contribution >= 4 is 32.5 Å². The van der Waals surface area contributed by atoms with Gasteiger partial charge in [0.25, 0.3) is 0 Å². The van der Waals surface area contributed by atoms with E-state index in [0.29, 0.717) is 24.7 Å². The highest BCUT2D eigenvalue weighted by atomic mass is 79.9. The highest BCUT2D eigenvalue weighted by Crippen LogP contribution is 2.47. The molecular formula is C26H27BrN4O2. The molecule has 0 saturated carbocycles. The number of rotatable bonds is 2. The van der Waals surface area contributed by atoms with Gasteiger partial charge in [0.05, 0.1) is 48.5 Å². The Morgan fingerprint density at radius 2 is 1.97 bits per heavy atom. The summed E-state index contributed by atoms with van der Waals surface area (Å²) in [6, 6.07) is 12.9. The number of H-pyrrole nitrogens is 1. The quantitative estimate of drug-likeness (QED) is 0.408. The zero-order chi connectivity index (χ0) is 23.0. The molecule has 3 aromatic rings. The summed E-state index contributed by atoms with van der Waals surface area (Å²) in [6.45, 7) is 8.76. The fourth-order valence-corrected chi connectivity index (χ4v) is 6.57. The summed E-state index contributed by atoms with van der Waals surface area (Å²) in [4.78, 5) is 6.01. The fraction of sp³-hybridized carbons (Fsp3) is 0.423. The second kappa shape index (κ2) is 7.39. The van der Waals surface area contributed by atoms with Crippen LogP contribution in [-0.4, -0.2) is 55.3 Å². The van der Waals surface area contributed by atoms with Gasteiger partial charge in [-0.1, -0.05) is 19.9 Å². The van der Waals surface area contributed by atoms with Crippen LogP contribution < -0.4 is 4.65 Å². The van der Waals surface area contributed by atoms with E-state index in [1.165, 1.54) is 27.8 Å². The molecule has 2 fully saturated rings. The first-order valence-electron chi connectivity index (χ1n) is 11.6. The molecule has 0 radical (unpaired) electrons. The highest BCUT2D eigenvalue weighted by Gasteiger charge is 2.39. The minimum atomic E-state index is -0.293. The molecule has 170 valence electrons. The van der Waals surface area contributed by atoms with Gasteiger partial charge < -0.3 is 19.6 Å². The number of piperazine rings is 1. The SMILES string of the molecule is CC1(C)c2cc([N+]3([O-])CCN(C4COC4)CC3)c(Br)cc2Cc2c1[nH]c1cc(C#N)ccc21. The maximum Gasteiger partial charge on any atom is 0.147 e. The monoisotopic (exact) mass is 506 g/mol. The van der Waals surface area contributed by atoms with E-state index in [1.807, 2.05) is 12.1 Å². The number of hydrogen-bond acceptors (Lipinski definition) is 4. The first-order chi connectivity index (χ1) is 15.8. The van der Waals surface area contributed by atoms with Gasteiger partial charge in [-0.05, 0) is 50.8 Å². The van der Waals surface area contributed by atoms with E-state index in [2.05, 4.69) is 63.9 Å². The van der Waals surface area contributed by atoms with E-state index in [9.17, 15) is 10.5 Å². The maximum atomic E-state index is 14.0. The molecule has 1 N–H and O–H groups in total. The lowest BCUT2D eigenvalue weighted by molar-refractivity contribution is -0.0735. The largest absolute Gasteiger partial charge is 0.627 e. The zero-order valence-electron chi connectivity index (χ0n) is 18.9. The Hall–Kier alpha value is -2.21. The molecule has 3 aliphatic rings. The van der Waals surface area contributed by atoms with E-state index in [1.54, 1.807) is 0 Å². The number of quaternary nitrogens is 1. The molecule has 0 atom stereocenters. The Labute approximate surface area is 202 Å². The number of halogens is 1. The van der Waals surface area contributed by atoms with Crippen molar-refractivity contribution < 1.29 is 4.74 Å². The number of benzene rings is 2. The molecule has 33 heavy (non-hydrogen) atoms. The lowest BCUT2D eigenvalue weighted by atomic mass is 9.71. The number of fused-ring (bicyclic) bond motifs is 4. The molecule has 0 amide bonds. The number of hydroxylamine groups is 2. The van der Waals surface area contributed by atoms with Gasteiger partial charge >= 0.3 is 0 Å². The summed E-state index contributed by atoms with van der Waals surface area (Å²) in [7, 11) is 0. The van der Waals surface area contributed by atoms with Crippen LogP contribution in [-0.2, 0) is 16.6 Å². The number of nitriles is 1. The summed E-state index contributed by atoms with van der Waals surface area (Å²) in [5.74, 6) is 0. The molecule has 0 bridgehead atoms. The van der Waals surface area contributed by atoms with Gasteiger partial charge in [-0.2, -0.15) is 5.26 Å². The minimum absolute atomic E-state index is 0.269. The third-order valence-corrected chi connectivity index (χ3v) is 8.58. The Balaban J connectivity index is 1.39. The fourth-order valence-electron chi connectivity index (χ4n) is 5.85. The predicted octanol–water partition coefficient (Wildman–Crippen LogP) is 4.55. The number of hydrogen-bond donors (Lipinski definition) is 1. The van der Waals surface area contributed by atoms with Crippen LogP contribution in [0, 0.1) is 16.5 Å². The van der Waals surface area contributed by atoms with Crippen molar-refractivity contribution in [2.24, 2.45) is 0 Å². The molecule has 0 spiro atoms. The van der Waals surface area contributed by atoms with Gasteiger partial charge in [-0.3, -0.25) is 4.90 Å². The van der Waals surface area contributed by atoms with Crippen molar-refractivity contribution in [3.63, 3.8) is 0 Å². The lowest BCUT2D eigenvalue weighted by Crippen LogP contribution is -2.62. The second-order valence-corrected chi connectivity index (χ2v) is 11.0. The van der Waals surface area contributed by atoms with Crippen LogP contribution in [0.5, 0.6) is 0 Å². The minimum Gasteiger partial charge on any atom is -0.627 e. The topological polar surface area (TPSA) is 75.1 Å². The van der Waals surface area contributed by atoms with Gasteiger partial charge in [0.15, 0.2) is 0 Å². The van der Waals surface area contributed by atoms with Gasteiger partial charge in [0.2, 0.25) is 0 Å². The third kappa shape index (κ3) is 3.20. The second-order valence-electron chi connectivity index (χ2n) is 10.2. The summed E-state index contributed by atoms with van der Waals surface area (Å²) in [5.41, 5.74) is 7.16. The van der Waals surface area contributed by atoms with E-state index in [4.69, 9.17) is 4.74 Å². The molecule has 2 aliphatic heterocycles. The van der Waals surface area contributed by atoms with Crippen LogP contribution in [0.2, 0.25) is 0 Å². The summed E-state index contributed by atoms with van der Waals surface area (Å²) >= 11 is 3.76. The standard InChI is InChI=1S/C26H27BrN4O2/c1-26(2)21-12-24(31(32)7-5-30(6-8-31)18-14-33-15-18)22(27)11-17(21)10-20-19-4-3-16(13-28)9-23(19)29-25(20)26/h3-4,9,11-12,18,29H,5-8,10,14-15H2,1-2H3. The van der Waals surface area contributed by atoms with E-state index in [-0.39, 0.29) is 10.1 Å². The van der Waals surface area contributed by atoms with Crippen LogP contribution in [0.25, 0.3) is 10.9 Å². The normalized spacial score (nSPS) is 21.8. The third-order valence-electron chi connectivity index (χ3n) is 7.95. The summed E-state index contributed by atoms with van der Waals surface area (Å²) in [6.07, 6.45) is 0.813. The number of aromatic amines is 1. The van der Waals surface area contributed by atoms with E-state index in [0.717, 1.165) is 48.4 Å². The molecule has 3 heterocycles. The van der Waals surface area contributed by atoms with Crippen molar-refractivity contribution in [3.8, 4) is 6.07 Å². The average Bonchev–Trinajstić information content (AvgIpc) is 3.12. The smallest absolute Gasteiger partial charge is 0.147 e. The summed E-state index contributed by atoms with van der Waals surface area (Å²) in [5, 5.41) is 24.5. The van der Waals surface area contributed by atoms with Crippen LogP contribution >= 0.6 is 15.9 Å². The Kier molecular flexibility index (Phi) is 4.78. The Morgan fingerprint density at radius 1 is 1.21 bits per heavy atom. The molecule has 7 heteroatoms. The maximum absolute atomic E-state index is 14.0. The molecule has 2 aromatic carbocycles. The Morgan fingerprint density at radius 3 is 2.64 bits per heavy atom. The van der Waals surface area contributed by atoms with Crippen molar-refractivity contribution in [2.45, 2.75) is 31.7 Å². The predicted molar refractivity (Wildman–Crippen MR) is 133 cm³/mol. The van der Waals surface area contributed by atoms with Gasteiger partial charge in [0.1, 0.15) is 5.69 Å². The first-order valence-corrected chi connectivity index (χ1v) is 12.4.